The molecule has 0 radical (unpaired) electrons. The fourth-order valence-electron chi connectivity index (χ4n) is 4.41. The monoisotopic (exact) mass is 237 g/mol. The maximum absolute atomic E-state index is 10.0. The number of aliphatic hydroxyl groups excluding tert-OH is 2. The predicted octanol–water partition coefficient (Wildman–Crippen LogP) is 1.19. The van der Waals surface area contributed by atoms with Gasteiger partial charge >= 0.3 is 0 Å². The zero-order valence-corrected chi connectivity index (χ0v) is 10.3. The van der Waals surface area contributed by atoms with Crippen LogP contribution in [0.15, 0.2) is 11.1 Å². The van der Waals surface area contributed by atoms with E-state index < -0.39 is 0 Å². The van der Waals surface area contributed by atoms with Crippen LogP contribution in [-0.4, -0.2) is 29.0 Å². The van der Waals surface area contributed by atoms with Gasteiger partial charge < -0.3 is 15.9 Å². The second-order valence-corrected chi connectivity index (χ2v) is 5.90. The van der Waals surface area contributed by atoms with E-state index in [1.807, 2.05) is 0 Å². The summed E-state index contributed by atoms with van der Waals surface area (Å²) in [4.78, 5) is 0. The molecule has 3 nitrogen and oxygen atoms in total. The van der Waals surface area contributed by atoms with Crippen molar-refractivity contribution in [3.8, 4) is 0 Å². The average Bonchev–Trinajstić information content (AvgIpc) is 2.31. The molecule has 0 bridgehead atoms. The Kier molecular flexibility index (Phi) is 3.01. The third kappa shape index (κ3) is 1.67. The van der Waals surface area contributed by atoms with Gasteiger partial charge in [0.1, 0.15) is 0 Å². The second-order valence-electron chi connectivity index (χ2n) is 5.90. The predicted molar refractivity (Wildman–Crippen MR) is 66.3 cm³/mol. The molecule has 1 saturated carbocycles. The van der Waals surface area contributed by atoms with E-state index in [9.17, 15) is 10.2 Å². The number of hydrogen-bond donors (Lipinski definition) is 3. The van der Waals surface area contributed by atoms with E-state index in [0.29, 0.717) is 11.8 Å². The van der Waals surface area contributed by atoms with Gasteiger partial charge in [-0.2, -0.15) is 0 Å². The summed E-state index contributed by atoms with van der Waals surface area (Å²) >= 11 is 0. The molecule has 0 spiro atoms. The van der Waals surface area contributed by atoms with Crippen molar-refractivity contribution < 1.29 is 10.2 Å². The number of hydrogen-bond acceptors (Lipinski definition) is 3. The first-order chi connectivity index (χ1) is 8.24. The van der Waals surface area contributed by atoms with Gasteiger partial charge in [-0.25, -0.2) is 0 Å². The Balaban J connectivity index is 1.84. The van der Waals surface area contributed by atoms with E-state index >= 15 is 0 Å². The van der Waals surface area contributed by atoms with Gasteiger partial charge in [-0.1, -0.05) is 5.57 Å². The zero-order valence-electron chi connectivity index (χ0n) is 10.3. The van der Waals surface area contributed by atoms with Crippen molar-refractivity contribution in [3.05, 3.63) is 11.1 Å². The van der Waals surface area contributed by atoms with Gasteiger partial charge in [-0.3, -0.25) is 0 Å². The third-order valence-corrected chi connectivity index (χ3v) is 5.13. The summed E-state index contributed by atoms with van der Waals surface area (Å²) in [6.07, 6.45) is 5.51. The van der Waals surface area contributed by atoms with E-state index in [1.165, 1.54) is 12.0 Å². The maximum atomic E-state index is 10.0. The Hall–Kier alpha value is -0.380. The van der Waals surface area contributed by atoms with Crippen LogP contribution in [0.4, 0.5) is 0 Å². The van der Waals surface area contributed by atoms with Crippen LogP contribution in [0.1, 0.15) is 38.5 Å². The first-order valence-corrected chi connectivity index (χ1v) is 7.04. The molecule has 0 saturated heterocycles. The molecule has 3 heteroatoms. The van der Waals surface area contributed by atoms with Gasteiger partial charge in [0.15, 0.2) is 0 Å². The number of nitrogens with two attached hydrogens (primary N) is 1. The Morgan fingerprint density at radius 1 is 0.941 bits per heavy atom. The molecular formula is C14H23NO2. The molecule has 0 heterocycles. The lowest BCUT2D eigenvalue weighted by Crippen LogP contribution is -2.49. The molecule has 4 atom stereocenters. The molecule has 3 rings (SSSR count). The van der Waals surface area contributed by atoms with E-state index in [1.54, 1.807) is 0 Å². The molecule has 1 fully saturated rings. The first-order valence-electron chi connectivity index (χ1n) is 7.04. The molecule has 0 amide bonds. The Morgan fingerprint density at radius 2 is 1.53 bits per heavy atom. The highest BCUT2D eigenvalue weighted by Gasteiger charge is 2.51. The lowest BCUT2D eigenvalue weighted by atomic mass is 9.50. The van der Waals surface area contributed by atoms with E-state index in [4.69, 9.17) is 5.73 Å². The fraction of sp³-hybridized carbons (Fsp3) is 0.857. The van der Waals surface area contributed by atoms with Gasteiger partial charge in [0.25, 0.3) is 0 Å². The molecular weight excluding hydrogens is 214 g/mol. The lowest BCUT2D eigenvalue weighted by molar-refractivity contribution is 0.0288. The van der Waals surface area contributed by atoms with Crippen LogP contribution < -0.4 is 5.73 Å². The summed E-state index contributed by atoms with van der Waals surface area (Å²) in [7, 11) is 0. The van der Waals surface area contributed by atoms with Crippen LogP contribution in [0.5, 0.6) is 0 Å². The van der Waals surface area contributed by atoms with Gasteiger partial charge in [0.2, 0.25) is 0 Å². The number of aliphatic hydroxyl groups is 2. The van der Waals surface area contributed by atoms with Crippen LogP contribution >= 0.6 is 0 Å². The van der Waals surface area contributed by atoms with Gasteiger partial charge in [0.05, 0.1) is 12.2 Å². The summed E-state index contributed by atoms with van der Waals surface area (Å²) in [6.45, 7) is 0.785. The number of allylic oxidation sites excluding steroid dienone is 1. The van der Waals surface area contributed by atoms with E-state index in [-0.39, 0.29) is 12.2 Å². The lowest BCUT2D eigenvalue weighted by Gasteiger charge is -2.55. The van der Waals surface area contributed by atoms with Crippen LogP contribution in [-0.2, 0) is 0 Å². The molecule has 0 aliphatic heterocycles. The highest BCUT2D eigenvalue weighted by molar-refractivity contribution is 5.38. The highest BCUT2D eigenvalue weighted by Crippen LogP contribution is 2.59. The minimum atomic E-state index is -0.366. The molecule has 96 valence electrons. The van der Waals surface area contributed by atoms with E-state index in [2.05, 4.69) is 0 Å². The summed E-state index contributed by atoms with van der Waals surface area (Å²) in [5, 5.41) is 20.1. The molecule has 3 aliphatic rings. The molecule has 0 aromatic rings. The molecule has 3 aliphatic carbocycles. The van der Waals surface area contributed by atoms with Crippen LogP contribution in [0, 0.1) is 17.8 Å². The second kappa shape index (κ2) is 4.38. The Labute approximate surface area is 103 Å². The standard InChI is InChI=1S/C14H23NO2/c15-7-1-2-8-9-3-5-11(16)14-12(17)6-4-10(8)13(9)14/h8-12,16-17H,1-7,15H2. The minimum Gasteiger partial charge on any atom is -0.389 e. The zero-order chi connectivity index (χ0) is 12.0. The summed E-state index contributed by atoms with van der Waals surface area (Å²) in [5.41, 5.74) is 8.04. The van der Waals surface area contributed by atoms with Crippen LogP contribution in [0.25, 0.3) is 0 Å². The van der Waals surface area contributed by atoms with Crippen molar-refractivity contribution in [3.63, 3.8) is 0 Å². The molecule has 4 N–H and O–H groups in total. The van der Waals surface area contributed by atoms with Crippen LogP contribution in [0.3, 0.4) is 0 Å². The Morgan fingerprint density at radius 3 is 2.06 bits per heavy atom. The van der Waals surface area contributed by atoms with E-state index in [0.717, 1.165) is 50.1 Å². The highest BCUT2D eigenvalue weighted by atomic mass is 16.3. The quantitative estimate of drug-likeness (QED) is 0.646. The van der Waals surface area contributed by atoms with Crippen LogP contribution in [0.2, 0.25) is 0 Å². The average molecular weight is 237 g/mol. The fourth-order valence-corrected chi connectivity index (χ4v) is 4.41. The van der Waals surface area contributed by atoms with Gasteiger partial charge in [-0.15, -0.1) is 0 Å². The van der Waals surface area contributed by atoms with Crippen molar-refractivity contribution in [2.24, 2.45) is 23.5 Å². The van der Waals surface area contributed by atoms with Crippen molar-refractivity contribution in [2.45, 2.75) is 50.7 Å². The third-order valence-electron chi connectivity index (χ3n) is 5.13. The number of rotatable bonds is 3. The van der Waals surface area contributed by atoms with Gasteiger partial charge in [-0.05, 0) is 68.4 Å². The van der Waals surface area contributed by atoms with Crippen molar-refractivity contribution in [2.75, 3.05) is 6.54 Å². The summed E-state index contributed by atoms with van der Waals surface area (Å²) in [5.74, 6) is 2.09. The van der Waals surface area contributed by atoms with Gasteiger partial charge in [0, 0.05) is 0 Å². The molecule has 17 heavy (non-hydrogen) atoms. The minimum absolute atomic E-state index is 0.366. The SMILES string of the molecule is NCCCC1C2CCC(O)C3=C2C1CCC3O. The Bertz CT molecular complexity index is 313. The molecule has 4 unspecified atom stereocenters. The van der Waals surface area contributed by atoms with Crippen molar-refractivity contribution in [1.29, 1.82) is 0 Å². The molecule has 0 aromatic carbocycles. The summed E-state index contributed by atoms with van der Waals surface area (Å²) < 4.78 is 0. The first kappa shape index (κ1) is 11.7. The van der Waals surface area contributed by atoms with Crippen molar-refractivity contribution in [1.82, 2.24) is 0 Å². The largest absolute Gasteiger partial charge is 0.389 e. The van der Waals surface area contributed by atoms with Crippen molar-refractivity contribution >= 4 is 0 Å². The maximum Gasteiger partial charge on any atom is 0.0778 e. The normalized spacial score (nSPS) is 44.3. The topological polar surface area (TPSA) is 66.5 Å². The smallest absolute Gasteiger partial charge is 0.0778 e. The molecule has 0 aromatic heterocycles. The summed E-state index contributed by atoms with van der Waals surface area (Å²) in [6, 6.07) is 0.